The first kappa shape index (κ1) is 18.9. The highest BCUT2D eigenvalue weighted by molar-refractivity contribution is 5.98. The van der Waals surface area contributed by atoms with Gasteiger partial charge < -0.3 is 5.32 Å². The number of nitrogens with zero attached hydrogens (tertiary/aromatic N) is 3. The van der Waals surface area contributed by atoms with Crippen molar-refractivity contribution in [3.8, 4) is 0 Å². The molecular weight excluding hydrogens is 346 g/mol. The molecule has 0 radical (unpaired) electrons. The number of aromatic nitrogens is 4. The standard InChI is InChI=1S/C19H25N5O3/c1-5-12(4)20-16(25)13-6-7-14-15(10-13)24-18(21-22-19(24)27)23(17(14)26)9-8-11(2)3/h6-7,10-12H,5,8-9H2,1-4H3,(H,20,25)(H,22,27). The van der Waals surface area contributed by atoms with Crippen LogP contribution in [-0.2, 0) is 6.54 Å². The molecule has 1 atom stereocenters. The second-order valence-electron chi connectivity index (χ2n) is 7.32. The highest BCUT2D eigenvalue weighted by Gasteiger charge is 2.17. The zero-order valence-corrected chi connectivity index (χ0v) is 16.1. The molecule has 8 nitrogen and oxygen atoms in total. The number of fused-ring (bicyclic) bond motifs is 3. The van der Waals surface area contributed by atoms with Gasteiger partial charge in [-0.05, 0) is 43.9 Å². The van der Waals surface area contributed by atoms with Crippen molar-refractivity contribution < 1.29 is 4.79 Å². The second kappa shape index (κ2) is 7.38. The van der Waals surface area contributed by atoms with E-state index in [1.807, 2.05) is 13.8 Å². The number of aromatic amines is 1. The summed E-state index contributed by atoms with van der Waals surface area (Å²) in [6, 6.07) is 4.83. The fourth-order valence-electron chi connectivity index (χ4n) is 2.96. The van der Waals surface area contributed by atoms with Gasteiger partial charge in [-0.2, -0.15) is 0 Å². The highest BCUT2D eigenvalue weighted by Crippen LogP contribution is 2.15. The van der Waals surface area contributed by atoms with Crippen molar-refractivity contribution in [2.45, 2.75) is 53.1 Å². The molecule has 0 saturated carbocycles. The van der Waals surface area contributed by atoms with E-state index >= 15 is 0 Å². The van der Waals surface area contributed by atoms with Crippen LogP contribution >= 0.6 is 0 Å². The van der Waals surface area contributed by atoms with Crippen molar-refractivity contribution in [1.29, 1.82) is 0 Å². The SMILES string of the molecule is CCC(C)NC(=O)c1ccc2c(=O)n(CCC(C)C)c3n[nH]c(=O)n3c2c1. The lowest BCUT2D eigenvalue weighted by atomic mass is 10.1. The Morgan fingerprint density at radius 2 is 2.00 bits per heavy atom. The summed E-state index contributed by atoms with van der Waals surface area (Å²) in [7, 11) is 0. The van der Waals surface area contributed by atoms with Crippen LogP contribution in [0.1, 0.15) is 50.9 Å². The number of aryl methyl sites for hydroxylation is 1. The lowest BCUT2D eigenvalue weighted by Gasteiger charge is -2.13. The summed E-state index contributed by atoms with van der Waals surface area (Å²) < 4.78 is 2.87. The molecule has 144 valence electrons. The monoisotopic (exact) mass is 371 g/mol. The Balaban J connectivity index is 2.20. The zero-order valence-electron chi connectivity index (χ0n) is 16.1. The molecule has 0 saturated heterocycles. The number of hydrogen-bond acceptors (Lipinski definition) is 4. The molecule has 0 aliphatic heterocycles. The molecule has 1 amide bonds. The van der Waals surface area contributed by atoms with Gasteiger partial charge in [0.1, 0.15) is 0 Å². The Morgan fingerprint density at radius 1 is 1.26 bits per heavy atom. The third kappa shape index (κ3) is 3.51. The van der Waals surface area contributed by atoms with Crippen LogP contribution in [0.2, 0.25) is 0 Å². The van der Waals surface area contributed by atoms with E-state index in [0.29, 0.717) is 28.9 Å². The van der Waals surface area contributed by atoms with Crippen molar-refractivity contribution in [2.24, 2.45) is 5.92 Å². The molecular formula is C19H25N5O3. The third-order valence-corrected chi connectivity index (χ3v) is 4.79. The molecule has 2 heterocycles. The van der Waals surface area contributed by atoms with Crippen molar-refractivity contribution >= 4 is 22.6 Å². The summed E-state index contributed by atoms with van der Waals surface area (Å²) >= 11 is 0. The van der Waals surface area contributed by atoms with Gasteiger partial charge in [-0.3, -0.25) is 14.2 Å². The van der Waals surface area contributed by atoms with Crippen LogP contribution in [0, 0.1) is 5.92 Å². The van der Waals surface area contributed by atoms with Gasteiger partial charge in [-0.1, -0.05) is 20.8 Å². The molecule has 0 aliphatic carbocycles. The van der Waals surface area contributed by atoms with Crippen molar-refractivity contribution in [1.82, 2.24) is 24.5 Å². The van der Waals surface area contributed by atoms with E-state index < -0.39 is 5.69 Å². The zero-order chi connectivity index (χ0) is 19.7. The predicted octanol–water partition coefficient (Wildman–Crippen LogP) is 1.91. The lowest BCUT2D eigenvalue weighted by molar-refractivity contribution is 0.0939. The average Bonchev–Trinajstić information content (AvgIpc) is 3.02. The quantitative estimate of drug-likeness (QED) is 0.691. The number of rotatable bonds is 6. The molecule has 2 aromatic heterocycles. The van der Waals surface area contributed by atoms with Gasteiger partial charge in [0.05, 0.1) is 10.9 Å². The number of amides is 1. The molecule has 3 rings (SSSR count). The molecule has 0 bridgehead atoms. The molecule has 0 spiro atoms. The third-order valence-electron chi connectivity index (χ3n) is 4.79. The Hall–Kier alpha value is -2.90. The molecule has 2 N–H and O–H groups in total. The van der Waals surface area contributed by atoms with E-state index in [1.165, 1.54) is 8.97 Å². The average molecular weight is 371 g/mol. The van der Waals surface area contributed by atoms with E-state index in [1.54, 1.807) is 18.2 Å². The molecule has 3 aromatic rings. The maximum absolute atomic E-state index is 13.0. The van der Waals surface area contributed by atoms with Gasteiger partial charge >= 0.3 is 5.69 Å². The summed E-state index contributed by atoms with van der Waals surface area (Å²) in [5, 5.41) is 9.72. The number of benzene rings is 1. The Kier molecular flexibility index (Phi) is 5.16. The number of carbonyl (C=O) groups excluding carboxylic acids is 1. The van der Waals surface area contributed by atoms with E-state index in [0.717, 1.165) is 12.8 Å². The maximum Gasteiger partial charge on any atom is 0.349 e. The number of nitrogens with one attached hydrogen (secondary N) is 2. The molecule has 8 heteroatoms. The summed E-state index contributed by atoms with van der Waals surface area (Å²) in [5.41, 5.74) is 0.127. The van der Waals surface area contributed by atoms with E-state index in [-0.39, 0.29) is 23.3 Å². The fourth-order valence-corrected chi connectivity index (χ4v) is 2.96. The first-order valence-electron chi connectivity index (χ1n) is 9.28. The van der Waals surface area contributed by atoms with Crippen LogP contribution in [0.15, 0.2) is 27.8 Å². The molecule has 0 aliphatic rings. The summed E-state index contributed by atoms with van der Waals surface area (Å²) in [5.74, 6) is 0.433. The minimum Gasteiger partial charge on any atom is -0.350 e. The minimum atomic E-state index is -0.437. The van der Waals surface area contributed by atoms with Gasteiger partial charge in [0.25, 0.3) is 11.5 Å². The van der Waals surface area contributed by atoms with E-state index in [9.17, 15) is 14.4 Å². The van der Waals surface area contributed by atoms with Gasteiger partial charge in [-0.15, -0.1) is 5.10 Å². The summed E-state index contributed by atoms with van der Waals surface area (Å²) in [6.45, 7) is 8.52. The summed E-state index contributed by atoms with van der Waals surface area (Å²) in [4.78, 5) is 37.7. The first-order valence-corrected chi connectivity index (χ1v) is 9.28. The molecule has 1 aromatic carbocycles. The van der Waals surface area contributed by atoms with Gasteiger partial charge in [0.2, 0.25) is 5.78 Å². The van der Waals surface area contributed by atoms with Gasteiger partial charge in [0.15, 0.2) is 0 Å². The van der Waals surface area contributed by atoms with Gasteiger partial charge in [0, 0.05) is 18.2 Å². The van der Waals surface area contributed by atoms with Gasteiger partial charge in [-0.25, -0.2) is 14.3 Å². The summed E-state index contributed by atoms with van der Waals surface area (Å²) in [6.07, 6.45) is 1.60. The Bertz CT molecular complexity index is 1110. The van der Waals surface area contributed by atoms with Crippen LogP contribution in [-0.4, -0.2) is 31.1 Å². The lowest BCUT2D eigenvalue weighted by Crippen LogP contribution is -2.32. The van der Waals surface area contributed by atoms with Crippen molar-refractivity contribution in [3.05, 3.63) is 44.6 Å². The second-order valence-corrected chi connectivity index (χ2v) is 7.32. The first-order chi connectivity index (χ1) is 12.8. The van der Waals surface area contributed by atoms with E-state index in [4.69, 9.17) is 0 Å². The number of hydrogen-bond donors (Lipinski definition) is 2. The predicted molar refractivity (Wildman–Crippen MR) is 104 cm³/mol. The van der Waals surface area contributed by atoms with Crippen molar-refractivity contribution in [3.63, 3.8) is 0 Å². The molecule has 1 unspecified atom stereocenters. The smallest absolute Gasteiger partial charge is 0.349 e. The van der Waals surface area contributed by atoms with Crippen LogP contribution in [0.4, 0.5) is 0 Å². The topological polar surface area (TPSA) is 101 Å². The number of carbonyl (C=O) groups is 1. The fraction of sp³-hybridized carbons (Fsp3) is 0.474. The van der Waals surface area contributed by atoms with Crippen LogP contribution in [0.3, 0.4) is 0 Å². The van der Waals surface area contributed by atoms with Crippen LogP contribution < -0.4 is 16.6 Å². The van der Waals surface area contributed by atoms with Crippen LogP contribution in [0.25, 0.3) is 16.7 Å². The van der Waals surface area contributed by atoms with E-state index in [2.05, 4.69) is 29.4 Å². The Labute approximate surface area is 156 Å². The minimum absolute atomic E-state index is 0.0360. The Morgan fingerprint density at radius 3 is 2.67 bits per heavy atom. The number of H-pyrrole nitrogens is 1. The maximum atomic E-state index is 13.0. The highest BCUT2D eigenvalue weighted by atomic mass is 16.2. The molecule has 27 heavy (non-hydrogen) atoms. The largest absolute Gasteiger partial charge is 0.350 e. The molecule has 0 fully saturated rings. The van der Waals surface area contributed by atoms with Crippen LogP contribution in [0.5, 0.6) is 0 Å². The normalized spacial score (nSPS) is 12.8. The van der Waals surface area contributed by atoms with Crippen molar-refractivity contribution in [2.75, 3.05) is 0 Å².